The summed E-state index contributed by atoms with van der Waals surface area (Å²) in [7, 11) is 0. The van der Waals surface area contributed by atoms with Gasteiger partial charge in [0, 0.05) is 48.6 Å². The van der Waals surface area contributed by atoms with Crippen LogP contribution in [0.25, 0.3) is 5.69 Å². The fourth-order valence-corrected chi connectivity index (χ4v) is 6.64. The summed E-state index contributed by atoms with van der Waals surface area (Å²) in [6, 6.07) is 9.86. The van der Waals surface area contributed by atoms with E-state index in [0.717, 1.165) is 86.8 Å². The first-order valence-corrected chi connectivity index (χ1v) is 12.8. The van der Waals surface area contributed by atoms with Crippen molar-refractivity contribution >= 4 is 17.4 Å². The minimum absolute atomic E-state index is 0.249. The van der Waals surface area contributed by atoms with E-state index in [0.29, 0.717) is 23.1 Å². The van der Waals surface area contributed by atoms with Crippen molar-refractivity contribution < 1.29 is 9.13 Å². The Balaban J connectivity index is 1.13. The number of nitrogens with zero attached hydrogens (tertiary/aromatic N) is 6. The molecular weight excluding hydrogens is 467 g/mol. The fraction of sp³-hybridized carbons (Fsp3) is 0.500. The molecule has 5 heterocycles. The van der Waals surface area contributed by atoms with Crippen molar-refractivity contribution in [3.8, 4) is 5.69 Å². The van der Waals surface area contributed by atoms with Gasteiger partial charge in [-0.2, -0.15) is 0 Å². The van der Waals surface area contributed by atoms with Crippen molar-refractivity contribution in [2.75, 3.05) is 31.2 Å². The second kappa shape index (κ2) is 7.98. The Morgan fingerprint density at radius 2 is 1.97 bits per heavy atom. The lowest BCUT2D eigenvalue weighted by Crippen LogP contribution is -2.62. The van der Waals surface area contributed by atoms with E-state index in [1.54, 1.807) is 13.0 Å². The Morgan fingerprint density at radius 1 is 1.11 bits per heavy atom. The summed E-state index contributed by atoms with van der Waals surface area (Å²) in [5, 5.41) is 10.2. The van der Waals surface area contributed by atoms with Gasteiger partial charge in [-0.3, -0.25) is 9.47 Å². The van der Waals surface area contributed by atoms with E-state index in [1.807, 2.05) is 6.07 Å². The molecule has 35 heavy (non-hydrogen) atoms. The van der Waals surface area contributed by atoms with Crippen LogP contribution in [0.5, 0.6) is 0 Å². The largest absolute Gasteiger partial charge is 0.380 e. The Morgan fingerprint density at radius 3 is 2.74 bits per heavy atom. The maximum atomic E-state index is 13.6. The first-order chi connectivity index (χ1) is 17.0. The Labute approximate surface area is 208 Å². The first kappa shape index (κ1) is 21.7. The highest BCUT2D eigenvalue weighted by atomic mass is 35.5. The van der Waals surface area contributed by atoms with Gasteiger partial charge in [0.2, 0.25) is 0 Å². The van der Waals surface area contributed by atoms with Gasteiger partial charge in [0.05, 0.1) is 24.5 Å². The summed E-state index contributed by atoms with van der Waals surface area (Å²) in [6.07, 6.45) is 3.22. The highest BCUT2D eigenvalue weighted by Gasteiger charge is 2.54. The molecule has 0 unspecified atom stereocenters. The highest BCUT2D eigenvalue weighted by molar-refractivity contribution is 6.30. The molecule has 9 heteroatoms. The predicted octanol–water partition coefficient (Wildman–Crippen LogP) is 4.25. The molecule has 0 amide bonds. The van der Waals surface area contributed by atoms with Crippen LogP contribution in [0, 0.1) is 18.2 Å². The molecule has 0 N–H and O–H groups in total. The third-order valence-electron chi connectivity index (χ3n) is 8.28. The number of pyridine rings is 1. The molecule has 7 rings (SSSR count). The second-order valence-electron chi connectivity index (χ2n) is 10.7. The maximum absolute atomic E-state index is 13.6. The number of anilines is 1. The lowest BCUT2D eigenvalue weighted by molar-refractivity contribution is 0.0581. The van der Waals surface area contributed by atoms with Crippen molar-refractivity contribution in [3.05, 3.63) is 64.1 Å². The molecule has 2 aromatic heterocycles. The van der Waals surface area contributed by atoms with E-state index in [2.05, 4.69) is 36.6 Å². The Kier molecular flexibility index (Phi) is 4.95. The van der Waals surface area contributed by atoms with Crippen LogP contribution in [0.4, 0.5) is 10.2 Å². The zero-order valence-corrected chi connectivity index (χ0v) is 20.5. The predicted molar refractivity (Wildman–Crippen MR) is 130 cm³/mol. The smallest absolute Gasteiger partial charge is 0.151 e. The van der Waals surface area contributed by atoms with Gasteiger partial charge in [-0.1, -0.05) is 11.6 Å². The van der Waals surface area contributed by atoms with Crippen LogP contribution in [0.15, 0.2) is 30.3 Å². The minimum atomic E-state index is -0.249. The molecule has 7 nitrogen and oxygen atoms in total. The number of aromatic nitrogens is 4. The quantitative estimate of drug-likeness (QED) is 0.542. The summed E-state index contributed by atoms with van der Waals surface area (Å²) >= 11 is 6.41. The van der Waals surface area contributed by atoms with Crippen LogP contribution >= 0.6 is 11.6 Å². The molecule has 1 aliphatic carbocycles. The summed E-state index contributed by atoms with van der Waals surface area (Å²) in [6.45, 7) is 6.82. The number of hydrogen-bond acceptors (Lipinski definition) is 6. The molecule has 0 radical (unpaired) electrons. The van der Waals surface area contributed by atoms with Crippen LogP contribution in [0.2, 0.25) is 5.02 Å². The average Bonchev–Trinajstić information content (AvgIpc) is 3.42. The third-order valence-corrected chi connectivity index (χ3v) is 8.52. The SMILES string of the molecule is Cc1nc(N2CC3(CC(c4nnc5n4-c4ccc(Cl)cc4CN([C@@H]4CCOC4)C5)C3)C2)ccc1F. The summed E-state index contributed by atoms with van der Waals surface area (Å²) in [5.41, 5.74) is 3.11. The van der Waals surface area contributed by atoms with E-state index >= 15 is 0 Å². The molecule has 1 spiro atoms. The van der Waals surface area contributed by atoms with Gasteiger partial charge in [0.25, 0.3) is 0 Å². The topological polar surface area (TPSA) is 59.3 Å². The summed E-state index contributed by atoms with van der Waals surface area (Å²) in [4.78, 5) is 9.14. The molecule has 3 aliphatic heterocycles. The van der Waals surface area contributed by atoms with E-state index < -0.39 is 0 Å². The van der Waals surface area contributed by atoms with Crippen LogP contribution < -0.4 is 4.90 Å². The van der Waals surface area contributed by atoms with Gasteiger partial charge in [0.1, 0.15) is 17.5 Å². The molecule has 0 bridgehead atoms. The Hall–Kier alpha value is -2.55. The van der Waals surface area contributed by atoms with Gasteiger partial charge in [0.15, 0.2) is 5.82 Å². The molecule has 1 atom stereocenters. The van der Waals surface area contributed by atoms with E-state index in [-0.39, 0.29) is 5.82 Å². The van der Waals surface area contributed by atoms with Gasteiger partial charge in [-0.15, -0.1) is 10.2 Å². The fourth-order valence-electron chi connectivity index (χ4n) is 6.44. The molecule has 3 aromatic rings. The number of aryl methyl sites for hydroxylation is 1. The van der Waals surface area contributed by atoms with Gasteiger partial charge in [-0.05, 0) is 62.1 Å². The van der Waals surface area contributed by atoms with Crippen molar-refractivity contribution in [1.29, 1.82) is 0 Å². The van der Waals surface area contributed by atoms with Crippen LogP contribution in [0.3, 0.4) is 0 Å². The number of ether oxygens (including phenoxy) is 1. The molecule has 1 aromatic carbocycles. The molecule has 4 aliphatic rings. The maximum Gasteiger partial charge on any atom is 0.151 e. The van der Waals surface area contributed by atoms with Crippen LogP contribution in [-0.4, -0.2) is 57.0 Å². The van der Waals surface area contributed by atoms with E-state index in [4.69, 9.17) is 21.4 Å². The molecule has 182 valence electrons. The number of hydrogen-bond donors (Lipinski definition) is 0. The third kappa shape index (κ3) is 3.57. The summed E-state index contributed by atoms with van der Waals surface area (Å²) in [5.74, 6) is 3.06. The number of halogens is 2. The number of benzene rings is 1. The summed E-state index contributed by atoms with van der Waals surface area (Å²) < 4.78 is 21.6. The molecule has 1 saturated carbocycles. The standard InChI is InChI=1S/C26H28ClFN6O/c1-16-21(28)3-5-23(29-16)33-14-26(15-33)9-18(10-26)25-31-30-24-12-32(20-6-7-35-13-20)11-17-8-19(27)2-4-22(17)34(24)25/h2-5,8,18,20H,6-7,9-15H2,1H3/t20-/m1/s1. The molecule has 2 saturated heterocycles. The lowest BCUT2D eigenvalue weighted by Gasteiger charge is -2.59. The second-order valence-corrected chi connectivity index (χ2v) is 11.1. The van der Waals surface area contributed by atoms with Crippen molar-refractivity contribution in [3.63, 3.8) is 0 Å². The Bertz CT molecular complexity index is 1290. The zero-order valence-electron chi connectivity index (χ0n) is 19.8. The van der Waals surface area contributed by atoms with Gasteiger partial charge >= 0.3 is 0 Å². The first-order valence-electron chi connectivity index (χ1n) is 12.4. The number of rotatable bonds is 3. The van der Waals surface area contributed by atoms with Gasteiger partial charge < -0.3 is 9.64 Å². The monoisotopic (exact) mass is 494 g/mol. The van der Waals surface area contributed by atoms with Gasteiger partial charge in [-0.25, -0.2) is 9.37 Å². The normalized spacial score (nSPS) is 23.5. The van der Waals surface area contributed by atoms with E-state index in [9.17, 15) is 4.39 Å². The number of fused-ring (bicyclic) bond motifs is 3. The molecule has 3 fully saturated rings. The average molecular weight is 495 g/mol. The lowest BCUT2D eigenvalue weighted by atomic mass is 9.57. The van der Waals surface area contributed by atoms with Crippen LogP contribution in [-0.2, 0) is 17.8 Å². The van der Waals surface area contributed by atoms with Crippen LogP contribution in [0.1, 0.15) is 48.1 Å². The van der Waals surface area contributed by atoms with Crippen molar-refractivity contribution in [2.24, 2.45) is 5.41 Å². The zero-order chi connectivity index (χ0) is 23.7. The van der Waals surface area contributed by atoms with Crippen molar-refractivity contribution in [1.82, 2.24) is 24.6 Å². The molecular formula is C26H28ClFN6O. The highest BCUT2D eigenvalue weighted by Crippen LogP contribution is 2.56. The minimum Gasteiger partial charge on any atom is -0.380 e. The van der Waals surface area contributed by atoms with E-state index in [1.165, 1.54) is 11.6 Å². The van der Waals surface area contributed by atoms with Crippen molar-refractivity contribution in [2.45, 2.75) is 51.2 Å².